The molecule has 2 rings (SSSR count). The Kier molecular flexibility index (Phi) is 8.21. The van der Waals surface area contributed by atoms with Crippen LogP contribution in [0.4, 0.5) is 0 Å². The Morgan fingerprint density at radius 3 is 2.56 bits per heavy atom. The number of rotatable bonds is 10. The van der Waals surface area contributed by atoms with Gasteiger partial charge in [-0.1, -0.05) is 12.1 Å². The summed E-state index contributed by atoms with van der Waals surface area (Å²) in [5.74, 6) is 1.31. The van der Waals surface area contributed by atoms with Gasteiger partial charge in [-0.2, -0.15) is 0 Å². The first kappa shape index (κ1) is 19.7. The summed E-state index contributed by atoms with van der Waals surface area (Å²) in [6, 6.07) is 5.79. The third-order valence-corrected chi connectivity index (χ3v) is 4.39. The Bertz CT molecular complexity index is 530. The molecule has 1 atom stereocenters. The van der Waals surface area contributed by atoms with Crippen molar-refractivity contribution in [3.63, 3.8) is 0 Å². The summed E-state index contributed by atoms with van der Waals surface area (Å²) in [5, 5.41) is 19.2. The predicted molar refractivity (Wildman–Crippen MR) is 98.4 cm³/mol. The van der Waals surface area contributed by atoms with Crippen LogP contribution in [0.25, 0.3) is 0 Å². The van der Waals surface area contributed by atoms with Crippen LogP contribution in [-0.2, 0) is 6.42 Å². The van der Waals surface area contributed by atoms with Crippen molar-refractivity contribution in [1.82, 2.24) is 9.80 Å². The SMILES string of the molecule is C=CCc1ccc(OCC(O)CN2CCN(CCO)CC2)c(OC)c1. The van der Waals surface area contributed by atoms with Gasteiger partial charge in [0.05, 0.1) is 13.7 Å². The number of aliphatic hydroxyl groups excluding tert-OH is 2. The van der Waals surface area contributed by atoms with Gasteiger partial charge in [0.25, 0.3) is 0 Å². The maximum absolute atomic E-state index is 10.3. The van der Waals surface area contributed by atoms with Gasteiger partial charge in [0.2, 0.25) is 0 Å². The van der Waals surface area contributed by atoms with Crippen molar-refractivity contribution in [1.29, 1.82) is 0 Å². The Labute approximate surface area is 150 Å². The number of allylic oxidation sites excluding steroid dienone is 1. The van der Waals surface area contributed by atoms with Crippen LogP contribution in [0, 0.1) is 0 Å². The fourth-order valence-electron chi connectivity index (χ4n) is 3.00. The minimum atomic E-state index is -0.554. The van der Waals surface area contributed by atoms with Gasteiger partial charge in [-0.25, -0.2) is 0 Å². The Morgan fingerprint density at radius 1 is 1.20 bits per heavy atom. The van der Waals surface area contributed by atoms with Gasteiger partial charge in [0.1, 0.15) is 12.7 Å². The highest BCUT2D eigenvalue weighted by Gasteiger charge is 2.19. The zero-order valence-corrected chi connectivity index (χ0v) is 15.1. The van der Waals surface area contributed by atoms with Crippen molar-refractivity contribution >= 4 is 0 Å². The van der Waals surface area contributed by atoms with E-state index in [-0.39, 0.29) is 13.2 Å². The number of ether oxygens (including phenoxy) is 2. The minimum Gasteiger partial charge on any atom is -0.493 e. The van der Waals surface area contributed by atoms with E-state index in [1.54, 1.807) is 7.11 Å². The molecule has 0 amide bonds. The molecule has 6 nitrogen and oxygen atoms in total. The lowest BCUT2D eigenvalue weighted by molar-refractivity contribution is 0.0423. The first-order valence-electron chi connectivity index (χ1n) is 8.80. The molecule has 0 saturated carbocycles. The van der Waals surface area contributed by atoms with Gasteiger partial charge in [0.15, 0.2) is 11.5 Å². The van der Waals surface area contributed by atoms with Crippen LogP contribution in [0.5, 0.6) is 11.5 Å². The summed E-state index contributed by atoms with van der Waals surface area (Å²) in [6.07, 6.45) is 2.07. The number of β-amino-alcohol motifs (C(OH)–C–C–N with tert-alkyl or cyclic N) is 2. The maximum atomic E-state index is 10.3. The zero-order chi connectivity index (χ0) is 18.1. The van der Waals surface area contributed by atoms with E-state index in [9.17, 15) is 5.11 Å². The van der Waals surface area contributed by atoms with E-state index in [2.05, 4.69) is 16.4 Å². The van der Waals surface area contributed by atoms with Crippen LogP contribution in [0.3, 0.4) is 0 Å². The molecule has 1 fully saturated rings. The normalized spacial score (nSPS) is 17.2. The number of aliphatic hydroxyl groups is 2. The number of hydrogen-bond acceptors (Lipinski definition) is 6. The Hall–Kier alpha value is -1.60. The lowest BCUT2D eigenvalue weighted by Gasteiger charge is -2.35. The molecule has 140 valence electrons. The second kappa shape index (κ2) is 10.4. The number of nitrogens with zero attached hydrogens (tertiary/aromatic N) is 2. The summed E-state index contributed by atoms with van der Waals surface area (Å²) < 4.78 is 11.1. The van der Waals surface area contributed by atoms with E-state index >= 15 is 0 Å². The lowest BCUT2D eigenvalue weighted by Crippen LogP contribution is -2.49. The van der Waals surface area contributed by atoms with Crippen LogP contribution in [0.1, 0.15) is 5.56 Å². The minimum absolute atomic E-state index is 0.198. The third-order valence-electron chi connectivity index (χ3n) is 4.39. The molecule has 0 aromatic heterocycles. The number of benzene rings is 1. The van der Waals surface area contributed by atoms with Crippen LogP contribution < -0.4 is 9.47 Å². The van der Waals surface area contributed by atoms with E-state index < -0.39 is 6.10 Å². The fraction of sp³-hybridized carbons (Fsp3) is 0.579. The Balaban J connectivity index is 1.78. The summed E-state index contributed by atoms with van der Waals surface area (Å²) in [5.41, 5.74) is 1.11. The number of methoxy groups -OCH3 is 1. The highest BCUT2D eigenvalue weighted by Crippen LogP contribution is 2.28. The maximum Gasteiger partial charge on any atom is 0.161 e. The molecule has 1 aromatic carbocycles. The van der Waals surface area contributed by atoms with Gasteiger partial charge in [-0.3, -0.25) is 9.80 Å². The molecule has 25 heavy (non-hydrogen) atoms. The average molecular weight is 350 g/mol. The molecule has 0 aliphatic carbocycles. The van der Waals surface area contributed by atoms with E-state index in [0.29, 0.717) is 18.0 Å². The second-order valence-electron chi connectivity index (χ2n) is 6.31. The fourth-order valence-corrected chi connectivity index (χ4v) is 3.00. The van der Waals surface area contributed by atoms with E-state index in [1.165, 1.54) is 0 Å². The first-order chi connectivity index (χ1) is 12.2. The quantitative estimate of drug-likeness (QED) is 0.608. The van der Waals surface area contributed by atoms with E-state index in [4.69, 9.17) is 14.6 Å². The topological polar surface area (TPSA) is 65.4 Å². The molecule has 1 aromatic rings. The van der Waals surface area contributed by atoms with Crippen LogP contribution in [-0.4, -0.2) is 85.7 Å². The van der Waals surface area contributed by atoms with E-state index in [0.717, 1.165) is 44.7 Å². The summed E-state index contributed by atoms with van der Waals surface area (Å²) in [7, 11) is 1.61. The van der Waals surface area contributed by atoms with Crippen molar-refractivity contribution in [2.24, 2.45) is 0 Å². The smallest absolute Gasteiger partial charge is 0.161 e. The van der Waals surface area contributed by atoms with Crippen molar-refractivity contribution in [2.45, 2.75) is 12.5 Å². The van der Waals surface area contributed by atoms with Gasteiger partial charge in [-0.15, -0.1) is 6.58 Å². The standard InChI is InChI=1S/C19H30N2O4/c1-3-4-16-5-6-18(19(13-16)24-2)25-15-17(23)14-21-9-7-20(8-10-21)11-12-22/h3,5-6,13,17,22-23H,1,4,7-12,14-15H2,2H3. The molecular formula is C19H30N2O4. The third kappa shape index (κ3) is 6.32. The molecule has 1 saturated heterocycles. The van der Waals surface area contributed by atoms with Crippen molar-refractivity contribution in [2.75, 3.05) is 59.6 Å². The van der Waals surface area contributed by atoms with Crippen molar-refractivity contribution in [3.8, 4) is 11.5 Å². The monoisotopic (exact) mass is 350 g/mol. The average Bonchev–Trinajstić information content (AvgIpc) is 2.62. The zero-order valence-electron chi connectivity index (χ0n) is 15.1. The summed E-state index contributed by atoms with van der Waals surface area (Å²) in [6.45, 7) is 9.12. The molecule has 1 unspecified atom stereocenters. The van der Waals surface area contributed by atoms with Gasteiger partial charge in [-0.05, 0) is 24.1 Å². The van der Waals surface area contributed by atoms with Gasteiger partial charge >= 0.3 is 0 Å². The molecule has 1 heterocycles. The van der Waals surface area contributed by atoms with Crippen LogP contribution in [0.2, 0.25) is 0 Å². The Morgan fingerprint density at radius 2 is 1.92 bits per heavy atom. The molecular weight excluding hydrogens is 320 g/mol. The first-order valence-corrected chi connectivity index (χ1v) is 8.80. The molecule has 2 N–H and O–H groups in total. The van der Waals surface area contributed by atoms with Crippen molar-refractivity contribution in [3.05, 3.63) is 36.4 Å². The molecule has 0 bridgehead atoms. The van der Waals surface area contributed by atoms with Crippen LogP contribution in [0.15, 0.2) is 30.9 Å². The summed E-state index contributed by atoms with van der Waals surface area (Å²) >= 11 is 0. The van der Waals surface area contributed by atoms with E-state index in [1.807, 2.05) is 24.3 Å². The highest BCUT2D eigenvalue weighted by atomic mass is 16.5. The number of piperazine rings is 1. The van der Waals surface area contributed by atoms with Crippen LogP contribution >= 0.6 is 0 Å². The van der Waals surface area contributed by atoms with Crippen molar-refractivity contribution < 1.29 is 19.7 Å². The molecule has 0 radical (unpaired) electrons. The second-order valence-corrected chi connectivity index (χ2v) is 6.31. The lowest BCUT2D eigenvalue weighted by atomic mass is 10.1. The number of hydrogen-bond donors (Lipinski definition) is 2. The summed E-state index contributed by atoms with van der Waals surface area (Å²) in [4.78, 5) is 4.46. The van der Waals surface area contributed by atoms with Gasteiger partial charge in [0, 0.05) is 39.3 Å². The molecule has 1 aliphatic heterocycles. The molecule has 0 spiro atoms. The highest BCUT2D eigenvalue weighted by molar-refractivity contribution is 5.43. The van der Waals surface area contributed by atoms with Gasteiger partial charge < -0.3 is 19.7 Å². The largest absolute Gasteiger partial charge is 0.493 e. The predicted octanol–water partition coefficient (Wildman–Crippen LogP) is 0.773. The molecule has 1 aliphatic rings. The molecule has 6 heteroatoms.